The number of ether oxygens (including phenoxy) is 11. The molecule has 3 heterocycles. The van der Waals surface area contributed by atoms with Crippen molar-refractivity contribution >= 4 is 35.8 Å². The molecule has 6 aromatic carbocycles. The second-order valence-electron chi connectivity index (χ2n) is 16.9. The van der Waals surface area contributed by atoms with Gasteiger partial charge in [0.2, 0.25) is 12.4 Å². The number of rotatable bonds is 15. The van der Waals surface area contributed by atoms with E-state index in [9.17, 15) is 28.8 Å². The number of hydrogen-bond donors (Lipinski definition) is 0. The summed E-state index contributed by atoms with van der Waals surface area (Å²) in [5.74, 6) is -5.29. The Morgan fingerprint density at radius 1 is 0.425 bits per heavy atom. The number of benzene rings is 6. The summed E-state index contributed by atoms with van der Waals surface area (Å²) in [6, 6.07) is 48.6. The monoisotopic (exact) mass is 992 g/mol. The van der Waals surface area contributed by atoms with Crippen LogP contribution in [-0.4, -0.2) is 110 Å². The molecule has 0 amide bonds. The van der Waals surface area contributed by atoms with E-state index >= 15 is 0 Å². The van der Waals surface area contributed by atoms with E-state index in [0.29, 0.717) is 5.56 Å². The Labute approximate surface area is 418 Å². The zero-order valence-electron chi connectivity index (χ0n) is 39.0. The van der Waals surface area contributed by atoms with Crippen LogP contribution in [0.5, 0.6) is 0 Å². The lowest BCUT2D eigenvalue weighted by Gasteiger charge is -2.50. The predicted molar refractivity (Wildman–Crippen MR) is 253 cm³/mol. The third kappa shape index (κ3) is 12.2. The van der Waals surface area contributed by atoms with Crippen LogP contribution in [0.2, 0.25) is 0 Å². The lowest BCUT2D eigenvalue weighted by Crippen LogP contribution is -2.68. The van der Waals surface area contributed by atoms with E-state index in [4.69, 9.17) is 52.1 Å². The summed E-state index contributed by atoms with van der Waals surface area (Å²) >= 11 is 0. The molecular formula is C56H48O17. The van der Waals surface area contributed by atoms with Crippen molar-refractivity contribution in [2.24, 2.45) is 0 Å². The fourth-order valence-electron chi connectivity index (χ4n) is 8.43. The van der Waals surface area contributed by atoms with Crippen LogP contribution in [0.15, 0.2) is 182 Å². The van der Waals surface area contributed by atoms with Crippen LogP contribution in [-0.2, 0) is 56.9 Å². The normalized spacial score (nSPS) is 25.4. The largest absolute Gasteiger partial charge is 0.459 e. The number of fused-ring (bicyclic) bond motifs is 1. The fraction of sp³-hybridized carbons (Fsp3) is 0.250. The van der Waals surface area contributed by atoms with Crippen molar-refractivity contribution in [2.75, 3.05) is 13.2 Å². The minimum absolute atomic E-state index is 0.0534. The van der Waals surface area contributed by atoms with Crippen molar-refractivity contribution in [1.29, 1.82) is 0 Å². The van der Waals surface area contributed by atoms with Crippen LogP contribution < -0.4 is 0 Å². The highest BCUT2D eigenvalue weighted by Gasteiger charge is 2.59. The van der Waals surface area contributed by atoms with Gasteiger partial charge in [-0.25, -0.2) is 24.0 Å². The van der Waals surface area contributed by atoms with E-state index in [2.05, 4.69) is 0 Å². The van der Waals surface area contributed by atoms with Gasteiger partial charge in [-0.1, -0.05) is 121 Å². The van der Waals surface area contributed by atoms with Gasteiger partial charge in [-0.05, 0) is 60.7 Å². The molecule has 3 fully saturated rings. The molecule has 0 radical (unpaired) electrons. The molecule has 0 bridgehead atoms. The highest BCUT2D eigenvalue weighted by molar-refractivity contribution is 5.92. The topological polar surface area (TPSA) is 204 Å². The Bertz CT molecular complexity index is 2820. The molecule has 0 N–H and O–H groups in total. The highest BCUT2D eigenvalue weighted by atomic mass is 16.8. The zero-order valence-corrected chi connectivity index (χ0v) is 39.0. The number of carbonyl (C=O) groups excluding carboxylic acids is 6. The van der Waals surface area contributed by atoms with Gasteiger partial charge in [0, 0.05) is 12.5 Å². The molecule has 374 valence electrons. The summed E-state index contributed by atoms with van der Waals surface area (Å²) in [5.41, 5.74) is 1.15. The molecule has 6 aromatic rings. The van der Waals surface area contributed by atoms with Crippen molar-refractivity contribution in [3.05, 3.63) is 215 Å². The maximum absolute atomic E-state index is 14.4. The van der Waals surface area contributed by atoms with Gasteiger partial charge < -0.3 is 52.1 Å². The van der Waals surface area contributed by atoms with Crippen LogP contribution in [0.1, 0.15) is 70.6 Å². The van der Waals surface area contributed by atoms with Crippen LogP contribution in [0.3, 0.4) is 0 Å². The smallest absolute Gasteiger partial charge is 0.340 e. The van der Waals surface area contributed by atoms with Gasteiger partial charge >= 0.3 is 35.8 Å². The van der Waals surface area contributed by atoms with E-state index in [1.807, 2.05) is 6.07 Å². The molecule has 0 aliphatic carbocycles. The third-order valence-electron chi connectivity index (χ3n) is 11.9. The van der Waals surface area contributed by atoms with Crippen LogP contribution in [0.4, 0.5) is 0 Å². The summed E-state index contributed by atoms with van der Waals surface area (Å²) in [4.78, 5) is 83.4. The molecule has 17 nitrogen and oxygen atoms in total. The molecule has 0 aromatic heterocycles. The molecule has 0 spiro atoms. The average Bonchev–Trinajstić information content (AvgIpc) is 3.43. The summed E-state index contributed by atoms with van der Waals surface area (Å²) in [6.45, 7) is 0.281. The van der Waals surface area contributed by atoms with Gasteiger partial charge in [0.25, 0.3) is 0 Å². The van der Waals surface area contributed by atoms with E-state index in [-0.39, 0.29) is 34.4 Å². The maximum Gasteiger partial charge on any atom is 0.340 e. The number of esters is 6. The summed E-state index contributed by atoms with van der Waals surface area (Å²) < 4.78 is 69.0. The Balaban J connectivity index is 1.15. The van der Waals surface area contributed by atoms with E-state index in [0.717, 1.165) is 6.92 Å². The van der Waals surface area contributed by atoms with E-state index < -0.39 is 110 Å². The van der Waals surface area contributed by atoms with Crippen molar-refractivity contribution in [1.82, 2.24) is 0 Å². The Morgan fingerprint density at radius 2 is 0.836 bits per heavy atom. The van der Waals surface area contributed by atoms with E-state index in [1.165, 1.54) is 60.7 Å². The molecule has 0 saturated carbocycles. The van der Waals surface area contributed by atoms with Crippen molar-refractivity contribution < 1.29 is 80.9 Å². The molecule has 73 heavy (non-hydrogen) atoms. The van der Waals surface area contributed by atoms with Crippen LogP contribution in [0, 0.1) is 0 Å². The minimum atomic E-state index is -1.88. The minimum Gasteiger partial charge on any atom is -0.459 e. The first-order valence-electron chi connectivity index (χ1n) is 23.3. The Hall–Kier alpha value is -8.06. The molecule has 3 aliphatic heterocycles. The Morgan fingerprint density at radius 3 is 1.32 bits per heavy atom. The number of hydrogen-bond acceptors (Lipinski definition) is 17. The molecular weight excluding hydrogens is 945 g/mol. The lowest BCUT2D eigenvalue weighted by molar-refractivity contribution is -0.382. The maximum atomic E-state index is 14.4. The quantitative estimate of drug-likeness (QED) is 0.0734. The van der Waals surface area contributed by atoms with E-state index in [1.54, 1.807) is 115 Å². The fourth-order valence-corrected chi connectivity index (χ4v) is 8.43. The van der Waals surface area contributed by atoms with Gasteiger partial charge in [-0.3, -0.25) is 4.79 Å². The van der Waals surface area contributed by atoms with Crippen molar-refractivity contribution in [2.45, 2.75) is 74.6 Å². The first kappa shape index (κ1) is 49.9. The van der Waals surface area contributed by atoms with Gasteiger partial charge in [0.1, 0.15) is 31.0 Å². The predicted octanol–water partition coefficient (Wildman–Crippen LogP) is 7.26. The number of carbonyl (C=O) groups is 6. The first-order valence-corrected chi connectivity index (χ1v) is 23.3. The molecule has 3 aliphatic rings. The molecule has 3 saturated heterocycles. The average molecular weight is 993 g/mol. The molecule has 9 rings (SSSR count). The van der Waals surface area contributed by atoms with Crippen LogP contribution in [0.25, 0.3) is 0 Å². The molecule has 0 unspecified atom stereocenters. The lowest BCUT2D eigenvalue weighted by atomic mass is 9.95. The Kier molecular flexibility index (Phi) is 16.0. The second-order valence-corrected chi connectivity index (χ2v) is 16.9. The van der Waals surface area contributed by atoms with Crippen LogP contribution >= 0.6 is 0 Å². The van der Waals surface area contributed by atoms with Crippen molar-refractivity contribution in [3.63, 3.8) is 0 Å². The summed E-state index contributed by atoms with van der Waals surface area (Å²) in [6.07, 6.45) is -17.0. The molecule has 17 heteroatoms. The third-order valence-corrected chi connectivity index (χ3v) is 11.9. The standard InChI is InChI=1S/C56H48O17/c1-34(57)65-47-45(68-50(59)36-22-10-3-11-23-36)43-42(33-64-54(71-43)40-30-18-7-19-31-40)66-55(47)72-44-41(32-63-49(58)35-20-8-2-9-21-35)67-56(73-53(62)39-28-16-6-17-29-39)48(70-52(61)38-26-14-5-15-27-38)46(44)69-51(60)37-24-12-4-13-25-37/h2-31,41-48,54-56H,32-33H2,1H3/t41-,42-,43+,44-,45+,46+,47+,48+,54+,55+,56-/m1/s1. The van der Waals surface area contributed by atoms with Gasteiger partial charge in [-0.15, -0.1) is 0 Å². The first-order chi connectivity index (χ1) is 35.6. The van der Waals surface area contributed by atoms with Gasteiger partial charge in [-0.2, -0.15) is 0 Å². The summed E-state index contributed by atoms with van der Waals surface area (Å²) in [5, 5.41) is 0. The molecule has 11 atom stereocenters. The SMILES string of the molecule is CC(=O)O[C@@H]1[C@H](O[C@H]2[C@H](OC(=O)c3ccccc3)[C@H](OC(=O)c3ccccc3)[C@@H](OC(=O)c3ccccc3)O[C@@H]2COC(=O)c2ccccc2)O[C@@H]2CO[C@H](c3ccccc3)O[C@@H]2[C@@H]1OC(=O)c1ccccc1. The zero-order chi connectivity index (χ0) is 50.7. The second kappa shape index (κ2) is 23.4. The van der Waals surface area contributed by atoms with Crippen molar-refractivity contribution in [3.8, 4) is 0 Å². The summed E-state index contributed by atoms with van der Waals surface area (Å²) in [7, 11) is 0. The van der Waals surface area contributed by atoms with Gasteiger partial charge in [0.15, 0.2) is 30.9 Å². The highest BCUT2D eigenvalue weighted by Crippen LogP contribution is 2.40. The van der Waals surface area contributed by atoms with Gasteiger partial charge in [0.05, 0.1) is 34.4 Å².